The summed E-state index contributed by atoms with van der Waals surface area (Å²) < 4.78 is 5.64. The number of unbranched alkanes of at least 4 members (excludes halogenated alkanes) is 1. The maximum Gasteiger partial charge on any atom is 0.251 e. The molecule has 1 amide bonds. The van der Waals surface area contributed by atoms with Gasteiger partial charge in [-0.15, -0.1) is 11.3 Å². The summed E-state index contributed by atoms with van der Waals surface area (Å²) in [7, 11) is 0. The molecule has 3 rings (SSSR count). The minimum absolute atomic E-state index is 0.0923. The molecule has 1 N–H and O–H groups in total. The first kappa shape index (κ1) is 20.1. The maximum absolute atomic E-state index is 12.5. The Kier molecular flexibility index (Phi) is 6.82. The Morgan fingerprint density at radius 3 is 2.57 bits per heavy atom. The SMILES string of the molecule is CCCCOc1ccc(C(=O)NCc2sc(-c3ccccc3C)nc2C)cc1. The van der Waals surface area contributed by atoms with Gasteiger partial charge in [0.25, 0.3) is 5.91 Å². The van der Waals surface area contributed by atoms with Crippen LogP contribution in [0.2, 0.25) is 0 Å². The molecule has 0 saturated carbocycles. The van der Waals surface area contributed by atoms with Crippen molar-refractivity contribution in [1.29, 1.82) is 0 Å². The van der Waals surface area contributed by atoms with E-state index in [9.17, 15) is 4.79 Å². The number of amides is 1. The van der Waals surface area contributed by atoms with Crippen molar-refractivity contribution in [2.24, 2.45) is 0 Å². The minimum atomic E-state index is -0.0923. The van der Waals surface area contributed by atoms with E-state index < -0.39 is 0 Å². The Labute approximate surface area is 170 Å². The largest absolute Gasteiger partial charge is 0.494 e. The second-order valence-electron chi connectivity index (χ2n) is 6.75. The molecule has 1 heterocycles. The van der Waals surface area contributed by atoms with Crippen LogP contribution in [0.1, 0.15) is 46.3 Å². The smallest absolute Gasteiger partial charge is 0.251 e. The van der Waals surface area contributed by atoms with Gasteiger partial charge >= 0.3 is 0 Å². The summed E-state index contributed by atoms with van der Waals surface area (Å²) in [4.78, 5) is 18.2. The summed E-state index contributed by atoms with van der Waals surface area (Å²) >= 11 is 1.63. The van der Waals surface area contributed by atoms with E-state index in [-0.39, 0.29) is 5.91 Å². The molecule has 0 unspecified atom stereocenters. The third-order valence-corrected chi connectivity index (χ3v) is 5.75. The van der Waals surface area contributed by atoms with E-state index in [4.69, 9.17) is 9.72 Å². The fraction of sp³-hybridized carbons (Fsp3) is 0.304. The van der Waals surface area contributed by atoms with Crippen molar-refractivity contribution >= 4 is 17.2 Å². The number of aryl methyl sites for hydroxylation is 2. The number of rotatable bonds is 8. The lowest BCUT2D eigenvalue weighted by Crippen LogP contribution is -2.22. The quantitative estimate of drug-likeness (QED) is 0.511. The summed E-state index contributed by atoms with van der Waals surface area (Å²) in [6, 6.07) is 15.5. The van der Waals surface area contributed by atoms with E-state index in [2.05, 4.69) is 31.3 Å². The van der Waals surface area contributed by atoms with Gasteiger partial charge in [0, 0.05) is 16.0 Å². The monoisotopic (exact) mass is 394 g/mol. The van der Waals surface area contributed by atoms with Crippen molar-refractivity contribution in [1.82, 2.24) is 10.3 Å². The molecule has 0 aliphatic carbocycles. The number of hydrogen-bond donors (Lipinski definition) is 1. The Morgan fingerprint density at radius 1 is 1.11 bits per heavy atom. The topological polar surface area (TPSA) is 51.2 Å². The van der Waals surface area contributed by atoms with Gasteiger partial charge in [0.1, 0.15) is 10.8 Å². The van der Waals surface area contributed by atoms with Crippen molar-refractivity contribution in [3.8, 4) is 16.3 Å². The lowest BCUT2D eigenvalue weighted by molar-refractivity contribution is 0.0951. The lowest BCUT2D eigenvalue weighted by atomic mass is 10.1. The van der Waals surface area contributed by atoms with Crippen LogP contribution < -0.4 is 10.1 Å². The van der Waals surface area contributed by atoms with E-state index in [0.29, 0.717) is 18.7 Å². The van der Waals surface area contributed by atoms with E-state index >= 15 is 0 Å². The molecule has 0 spiro atoms. The Hall–Kier alpha value is -2.66. The van der Waals surface area contributed by atoms with Gasteiger partial charge in [-0.1, -0.05) is 37.6 Å². The molecular weight excluding hydrogens is 368 g/mol. The van der Waals surface area contributed by atoms with Gasteiger partial charge in [-0.25, -0.2) is 4.98 Å². The highest BCUT2D eigenvalue weighted by atomic mass is 32.1. The molecule has 0 aliphatic heterocycles. The number of ether oxygens (including phenoxy) is 1. The highest BCUT2D eigenvalue weighted by Gasteiger charge is 2.13. The predicted octanol–water partition coefficient (Wildman–Crippen LogP) is 5.54. The van der Waals surface area contributed by atoms with E-state index in [0.717, 1.165) is 39.7 Å². The number of aromatic nitrogens is 1. The number of carbonyl (C=O) groups excluding carboxylic acids is 1. The number of nitrogens with zero attached hydrogens (tertiary/aromatic N) is 1. The third-order valence-electron chi connectivity index (χ3n) is 4.56. The number of benzene rings is 2. The fourth-order valence-electron chi connectivity index (χ4n) is 2.82. The van der Waals surface area contributed by atoms with Gasteiger partial charge < -0.3 is 10.1 Å². The molecule has 5 heteroatoms. The molecule has 146 valence electrons. The molecule has 0 aliphatic rings. The molecule has 1 aromatic heterocycles. The molecule has 0 radical (unpaired) electrons. The normalized spacial score (nSPS) is 10.7. The highest BCUT2D eigenvalue weighted by Crippen LogP contribution is 2.30. The van der Waals surface area contributed by atoms with Gasteiger partial charge in [-0.3, -0.25) is 4.79 Å². The molecule has 0 fully saturated rings. The van der Waals surface area contributed by atoms with Crippen molar-refractivity contribution < 1.29 is 9.53 Å². The fourth-order valence-corrected chi connectivity index (χ4v) is 3.91. The number of thiazole rings is 1. The minimum Gasteiger partial charge on any atom is -0.494 e. The third kappa shape index (κ3) is 4.98. The molecule has 2 aromatic carbocycles. The Balaban J connectivity index is 1.61. The average Bonchev–Trinajstić information content (AvgIpc) is 3.07. The van der Waals surface area contributed by atoms with Gasteiger partial charge in [0.2, 0.25) is 0 Å². The van der Waals surface area contributed by atoms with Crippen molar-refractivity contribution in [3.63, 3.8) is 0 Å². The average molecular weight is 395 g/mol. The zero-order valence-corrected chi connectivity index (χ0v) is 17.4. The second kappa shape index (κ2) is 9.51. The van der Waals surface area contributed by atoms with Crippen molar-refractivity contribution in [3.05, 3.63) is 70.2 Å². The first-order chi connectivity index (χ1) is 13.6. The standard InChI is InChI=1S/C23H26N2O2S/c1-4-5-14-27-19-12-10-18(11-13-19)22(26)24-15-21-17(3)25-23(28-21)20-9-7-6-8-16(20)2/h6-13H,4-5,14-15H2,1-3H3,(H,24,26). The van der Waals surface area contributed by atoms with Crippen LogP contribution in [0.15, 0.2) is 48.5 Å². The molecule has 3 aromatic rings. The Morgan fingerprint density at radius 2 is 1.86 bits per heavy atom. The van der Waals surface area contributed by atoms with Gasteiger partial charge in [0.05, 0.1) is 18.8 Å². The van der Waals surface area contributed by atoms with Crippen LogP contribution in [0.5, 0.6) is 5.75 Å². The summed E-state index contributed by atoms with van der Waals surface area (Å²) in [5.41, 5.74) is 3.94. The zero-order valence-electron chi connectivity index (χ0n) is 16.6. The van der Waals surface area contributed by atoms with Crippen LogP contribution in [0.4, 0.5) is 0 Å². The van der Waals surface area contributed by atoms with E-state index in [1.807, 2.05) is 31.2 Å². The van der Waals surface area contributed by atoms with Crippen LogP contribution in [0.25, 0.3) is 10.6 Å². The molecule has 4 nitrogen and oxygen atoms in total. The lowest BCUT2D eigenvalue weighted by Gasteiger charge is -2.07. The van der Waals surface area contributed by atoms with Crippen molar-refractivity contribution in [2.45, 2.75) is 40.2 Å². The molecule has 0 bridgehead atoms. The van der Waals surface area contributed by atoms with Gasteiger partial charge in [-0.2, -0.15) is 0 Å². The summed E-state index contributed by atoms with van der Waals surface area (Å²) in [6.45, 7) is 7.38. The van der Waals surface area contributed by atoms with Crippen LogP contribution in [-0.4, -0.2) is 17.5 Å². The van der Waals surface area contributed by atoms with E-state index in [1.165, 1.54) is 5.56 Å². The Bertz CT molecular complexity index is 932. The maximum atomic E-state index is 12.5. The summed E-state index contributed by atoms with van der Waals surface area (Å²) in [6.07, 6.45) is 2.13. The van der Waals surface area contributed by atoms with Crippen LogP contribution in [0.3, 0.4) is 0 Å². The van der Waals surface area contributed by atoms with E-state index in [1.54, 1.807) is 23.5 Å². The number of nitrogens with one attached hydrogen (secondary N) is 1. The molecule has 28 heavy (non-hydrogen) atoms. The number of carbonyl (C=O) groups is 1. The highest BCUT2D eigenvalue weighted by molar-refractivity contribution is 7.15. The van der Waals surface area contributed by atoms with Gasteiger partial charge in [-0.05, 0) is 50.1 Å². The van der Waals surface area contributed by atoms with Crippen LogP contribution >= 0.6 is 11.3 Å². The first-order valence-electron chi connectivity index (χ1n) is 9.62. The second-order valence-corrected chi connectivity index (χ2v) is 7.84. The van der Waals surface area contributed by atoms with Gasteiger partial charge in [0.15, 0.2) is 0 Å². The zero-order chi connectivity index (χ0) is 19.9. The first-order valence-corrected chi connectivity index (χ1v) is 10.4. The van der Waals surface area contributed by atoms with Crippen LogP contribution in [0, 0.1) is 13.8 Å². The van der Waals surface area contributed by atoms with Crippen LogP contribution in [-0.2, 0) is 6.54 Å². The summed E-state index contributed by atoms with van der Waals surface area (Å²) in [5.74, 6) is 0.705. The molecule has 0 saturated heterocycles. The van der Waals surface area contributed by atoms with Crippen molar-refractivity contribution in [2.75, 3.05) is 6.61 Å². The molecular formula is C23H26N2O2S. The summed E-state index contributed by atoms with van der Waals surface area (Å²) in [5, 5.41) is 3.99. The molecule has 0 atom stereocenters. The predicted molar refractivity (Wildman–Crippen MR) is 115 cm³/mol. The number of hydrogen-bond acceptors (Lipinski definition) is 4.